The van der Waals surface area contributed by atoms with E-state index in [0.717, 1.165) is 0 Å². The third-order valence-corrected chi connectivity index (χ3v) is 0. The molecule has 0 spiro atoms. The first-order valence-corrected chi connectivity index (χ1v) is 0. The Labute approximate surface area is 184 Å². The van der Waals surface area contributed by atoms with Crippen molar-refractivity contribution in [2.75, 3.05) is 0 Å². The molecule has 0 aromatic rings. The summed E-state index contributed by atoms with van der Waals surface area (Å²) >= 11 is 0. The Morgan fingerprint density at radius 2 is 0.286 bits per heavy atom. The Balaban J connectivity index is 0. The minimum atomic E-state index is 0. The summed E-state index contributed by atoms with van der Waals surface area (Å²) in [6.07, 6.45) is 0. The largest absolute Gasteiger partial charge is 2.00 e. The molecule has 7 heavy (non-hydrogen) atoms. The van der Waals surface area contributed by atoms with Crippen molar-refractivity contribution in [3.63, 3.8) is 0 Å². The predicted molar refractivity (Wildman–Crippen MR) is 5.75 cm³/mol. The van der Waals surface area contributed by atoms with E-state index < -0.39 is 0 Å². The molecule has 0 radical (unpaired) electrons. The van der Waals surface area contributed by atoms with Gasteiger partial charge in [-0.1, -0.05) is 0 Å². The number of halogens is 6. The van der Waals surface area contributed by atoms with E-state index in [0.29, 0.717) is 0 Å². The van der Waals surface area contributed by atoms with Crippen molar-refractivity contribution in [2.24, 2.45) is 0 Å². The number of hydrogen-bond donors (Lipinski definition) is 0. The van der Waals surface area contributed by atoms with Crippen molar-refractivity contribution < 1.29 is 144 Å². The summed E-state index contributed by atoms with van der Waals surface area (Å²) in [7, 11) is 0. The normalized spacial score (nSPS) is 0. The fraction of sp³-hybridized carbons (Fsp3) is 0. The van der Waals surface area contributed by atoms with Gasteiger partial charge in [0.2, 0.25) is 0 Å². The fourth-order valence-electron chi connectivity index (χ4n) is 0. The van der Waals surface area contributed by atoms with Gasteiger partial charge in [-0.3, -0.25) is 0 Å². The number of rotatable bonds is 0. The quantitative estimate of drug-likeness (QED) is 0.168. The van der Waals surface area contributed by atoms with Crippen LogP contribution in [0, 0.1) is 0 Å². The van der Waals surface area contributed by atoms with Gasteiger partial charge in [-0.25, -0.2) is 0 Å². The van der Waals surface area contributed by atoms with Gasteiger partial charge in [0.25, 0.3) is 0 Å². The van der Waals surface area contributed by atoms with Gasteiger partial charge >= 0.3 is 45.5 Å². The van der Waals surface area contributed by atoms with Gasteiger partial charge in [-0.05, 0) is 0 Å². The zero-order valence-electron chi connectivity index (χ0n) is 2.97. The van der Waals surface area contributed by atoms with Crippen molar-refractivity contribution in [1.82, 2.24) is 0 Å². The van der Waals surface area contributed by atoms with E-state index in [-0.39, 0.29) is 189 Å². The first kappa shape index (κ1) is 52.7. The minimum absolute atomic E-state index is 0. The molecule has 48 valence electrons. The van der Waals surface area contributed by atoms with Crippen molar-refractivity contribution in [1.29, 1.82) is 0 Å². The van der Waals surface area contributed by atoms with Crippen LogP contribution in [0.2, 0.25) is 0 Å². The molecule has 0 unspecified atom stereocenters. The smallest absolute Gasteiger partial charge is 1.00 e. The monoisotopic (exact) mass is 849 g/mol. The van der Waals surface area contributed by atoms with Crippen LogP contribution >= 0.6 is 0 Å². The molecule has 0 N–H and O–H groups in total. The van der Waals surface area contributed by atoms with Gasteiger partial charge in [0.15, 0.2) is 0 Å². The summed E-state index contributed by atoms with van der Waals surface area (Å²) in [5.41, 5.74) is 0. The molecule has 0 bridgehead atoms. The van der Waals surface area contributed by atoms with Gasteiger partial charge < -0.3 is 144 Å². The molecule has 0 heterocycles. The molecule has 0 rings (SSSR count). The molecule has 0 aliphatic rings. The maximum atomic E-state index is 0. The van der Waals surface area contributed by atoms with Crippen LogP contribution in [0.4, 0.5) is 0 Å². The Bertz CT molecular complexity index is 4.14. The standard InChI is InChI=1S/6HI.Sr/h6*1H;/q;;;;;;+2/p-6. The van der Waals surface area contributed by atoms with E-state index >= 15 is 0 Å². The molecule has 0 saturated heterocycles. The van der Waals surface area contributed by atoms with Crippen molar-refractivity contribution >= 4 is 45.5 Å². The Kier molecular flexibility index (Phi) is 306. The summed E-state index contributed by atoms with van der Waals surface area (Å²) in [6.45, 7) is 0. The Hall–Kier alpha value is 5.86. The van der Waals surface area contributed by atoms with Crippen LogP contribution < -0.4 is 144 Å². The summed E-state index contributed by atoms with van der Waals surface area (Å²) in [6, 6.07) is 0. The van der Waals surface area contributed by atoms with Crippen LogP contribution in [0.1, 0.15) is 0 Å². The van der Waals surface area contributed by atoms with Gasteiger partial charge in [0, 0.05) is 0 Å². The van der Waals surface area contributed by atoms with E-state index in [1.54, 1.807) is 0 Å². The molecule has 0 saturated carbocycles. The van der Waals surface area contributed by atoms with Crippen LogP contribution in [-0.4, -0.2) is 45.5 Å². The van der Waals surface area contributed by atoms with Crippen molar-refractivity contribution in [2.45, 2.75) is 0 Å². The predicted octanol–water partition coefficient (Wildman–Crippen LogP) is -18.4. The van der Waals surface area contributed by atoms with E-state index in [4.69, 9.17) is 0 Å². The maximum absolute atomic E-state index is 0. The zero-order chi connectivity index (χ0) is 0. The maximum Gasteiger partial charge on any atom is 2.00 e. The van der Waals surface area contributed by atoms with Gasteiger partial charge in [0.05, 0.1) is 0 Å². The molecule has 0 amide bonds. The zero-order valence-corrected chi connectivity index (χ0v) is 19.4. The summed E-state index contributed by atoms with van der Waals surface area (Å²) in [5.74, 6) is 0. The second-order valence-electron chi connectivity index (χ2n) is 0. The van der Waals surface area contributed by atoms with Gasteiger partial charge in [-0.2, -0.15) is 0 Å². The molecule has 0 atom stereocenters. The molecule has 0 aromatic heterocycles. The molecule has 0 aliphatic heterocycles. The van der Waals surface area contributed by atoms with Crippen molar-refractivity contribution in [3.8, 4) is 0 Å². The molecule has 7 heteroatoms. The molecule has 0 nitrogen and oxygen atoms in total. The third-order valence-electron chi connectivity index (χ3n) is 0. The van der Waals surface area contributed by atoms with Crippen LogP contribution in [0.25, 0.3) is 0 Å². The fourth-order valence-corrected chi connectivity index (χ4v) is 0. The first-order valence-electron chi connectivity index (χ1n) is 0. The Morgan fingerprint density at radius 3 is 0.286 bits per heavy atom. The molecular weight excluding hydrogens is 849 g/mol. The minimum Gasteiger partial charge on any atom is -1.00 e. The van der Waals surface area contributed by atoms with E-state index in [2.05, 4.69) is 0 Å². The van der Waals surface area contributed by atoms with Gasteiger partial charge in [-0.15, -0.1) is 0 Å². The first-order chi connectivity index (χ1) is 0. The Morgan fingerprint density at radius 1 is 0.286 bits per heavy atom. The molecule has 0 aliphatic carbocycles. The van der Waals surface area contributed by atoms with E-state index in [1.807, 2.05) is 0 Å². The van der Waals surface area contributed by atoms with Crippen LogP contribution in [-0.2, 0) is 0 Å². The summed E-state index contributed by atoms with van der Waals surface area (Å²) in [4.78, 5) is 0. The van der Waals surface area contributed by atoms with Crippen LogP contribution in [0.15, 0.2) is 0 Å². The molecule has 0 aromatic carbocycles. The topological polar surface area (TPSA) is 0 Å². The average Bonchev–Trinajstić information content (AvgIpc) is 0. The van der Waals surface area contributed by atoms with Crippen LogP contribution in [0.3, 0.4) is 0 Å². The number of hydrogen-bond acceptors (Lipinski definition) is 0. The second-order valence-corrected chi connectivity index (χ2v) is 0. The average molecular weight is 849 g/mol. The van der Waals surface area contributed by atoms with E-state index in [9.17, 15) is 0 Å². The summed E-state index contributed by atoms with van der Waals surface area (Å²) in [5, 5.41) is 0. The van der Waals surface area contributed by atoms with E-state index in [1.165, 1.54) is 0 Å². The molecule has 0 fully saturated rings. The molecular formula is I6Sr-4. The van der Waals surface area contributed by atoms with Gasteiger partial charge in [0.1, 0.15) is 0 Å². The van der Waals surface area contributed by atoms with Crippen molar-refractivity contribution in [3.05, 3.63) is 0 Å². The summed E-state index contributed by atoms with van der Waals surface area (Å²) < 4.78 is 0. The second kappa shape index (κ2) is 40.7. The third kappa shape index (κ3) is 33.6. The SMILES string of the molecule is [I-].[I-].[I-].[I-].[I-].[I-].[Sr+2]. The van der Waals surface area contributed by atoms with Crippen LogP contribution in [0.5, 0.6) is 0 Å².